The fraction of sp³-hybridized carbons (Fsp3) is 0.714. The number of rotatable bonds is 4. The second-order valence-electron chi connectivity index (χ2n) is 2.89. The summed E-state index contributed by atoms with van der Waals surface area (Å²) in [5.74, 6) is 1.06. The highest BCUT2D eigenvalue weighted by Gasteiger charge is 2.05. The fourth-order valence-electron chi connectivity index (χ4n) is 1.12. The van der Waals surface area contributed by atoms with Crippen LogP contribution in [0.2, 0.25) is 0 Å². The van der Waals surface area contributed by atoms with Gasteiger partial charge in [0.2, 0.25) is 5.95 Å². The van der Waals surface area contributed by atoms with Crippen LogP contribution in [-0.4, -0.2) is 21.2 Å². The van der Waals surface area contributed by atoms with Crippen molar-refractivity contribution in [1.82, 2.24) is 15.2 Å². The van der Waals surface area contributed by atoms with Gasteiger partial charge >= 0.3 is 0 Å². The fourth-order valence-corrected chi connectivity index (χ4v) is 1.12. The Morgan fingerprint density at radius 1 is 1.58 bits per heavy atom. The number of nitrogens with zero attached hydrogens (tertiary/aromatic N) is 2. The molecule has 0 fully saturated rings. The summed E-state index contributed by atoms with van der Waals surface area (Å²) in [7, 11) is 0. The lowest BCUT2D eigenvalue weighted by atomic mass is 10.1. The summed E-state index contributed by atoms with van der Waals surface area (Å²) in [6.07, 6.45) is 2.81. The third kappa shape index (κ3) is 2.50. The number of hydrogen-bond donors (Lipinski definition) is 3. The van der Waals surface area contributed by atoms with E-state index in [4.69, 9.17) is 11.5 Å². The summed E-state index contributed by atoms with van der Waals surface area (Å²) >= 11 is 0. The average Bonchev–Trinajstić information content (AvgIpc) is 2.36. The lowest BCUT2D eigenvalue weighted by molar-refractivity contribution is 0.586. The van der Waals surface area contributed by atoms with Crippen LogP contribution in [0.15, 0.2) is 0 Å². The van der Waals surface area contributed by atoms with Gasteiger partial charge in [0.1, 0.15) is 5.82 Å². The highest BCUT2D eigenvalue weighted by Crippen LogP contribution is 2.01. The summed E-state index contributed by atoms with van der Waals surface area (Å²) in [5, 5.41) is 6.44. The van der Waals surface area contributed by atoms with E-state index < -0.39 is 0 Å². The Morgan fingerprint density at radius 2 is 2.33 bits per heavy atom. The van der Waals surface area contributed by atoms with E-state index in [0.717, 1.165) is 25.1 Å². The van der Waals surface area contributed by atoms with Gasteiger partial charge in [0, 0.05) is 12.5 Å². The van der Waals surface area contributed by atoms with Crippen molar-refractivity contribution in [2.45, 2.75) is 32.2 Å². The molecule has 5 heteroatoms. The van der Waals surface area contributed by atoms with Gasteiger partial charge < -0.3 is 11.5 Å². The van der Waals surface area contributed by atoms with E-state index in [0.29, 0.717) is 0 Å². The van der Waals surface area contributed by atoms with Crippen molar-refractivity contribution in [2.24, 2.45) is 5.73 Å². The number of aromatic amines is 1. The molecule has 0 saturated carbocycles. The van der Waals surface area contributed by atoms with Crippen LogP contribution in [0.25, 0.3) is 0 Å². The maximum absolute atomic E-state index is 5.80. The highest BCUT2D eigenvalue weighted by atomic mass is 15.3. The molecule has 12 heavy (non-hydrogen) atoms. The molecule has 1 rings (SSSR count). The Morgan fingerprint density at radius 3 is 2.83 bits per heavy atom. The predicted molar refractivity (Wildman–Crippen MR) is 47.4 cm³/mol. The molecule has 0 aliphatic carbocycles. The van der Waals surface area contributed by atoms with Crippen LogP contribution in [0.4, 0.5) is 5.95 Å². The average molecular weight is 169 g/mol. The molecule has 1 aromatic heterocycles. The van der Waals surface area contributed by atoms with Gasteiger partial charge in [-0.2, -0.15) is 4.98 Å². The first-order chi connectivity index (χ1) is 5.72. The Balaban J connectivity index is 2.41. The van der Waals surface area contributed by atoms with Crippen molar-refractivity contribution in [3.8, 4) is 0 Å². The molecule has 1 unspecified atom stereocenters. The number of nitrogen functional groups attached to an aromatic ring is 1. The van der Waals surface area contributed by atoms with Crippen molar-refractivity contribution in [3.63, 3.8) is 0 Å². The maximum atomic E-state index is 5.80. The number of H-pyrrole nitrogens is 1. The smallest absolute Gasteiger partial charge is 0.239 e. The van der Waals surface area contributed by atoms with Crippen LogP contribution in [0, 0.1) is 0 Å². The zero-order chi connectivity index (χ0) is 8.97. The minimum Gasteiger partial charge on any atom is -0.367 e. The minimum absolute atomic E-state index is 0.155. The quantitative estimate of drug-likeness (QED) is 0.594. The molecule has 0 saturated heterocycles. The number of nitrogens with two attached hydrogens (primary N) is 2. The molecule has 0 radical (unpaired) electrons. The minimum atomic E-state index is 0.155. The van der Waals surface area contributed by atoms with Gasteiger partial charge in [-0.05, 0) is 6.42 Å². The predicted octanol–water partition coefficient (Wildman–Crippen LogP) is 0.0568. The molecule has 1 atom stereocenters. The Kier molecular flexibility index (Phi) is 3.04. The van der Waals surface area contributed by atoms with Gasteiger partial charge in [-0.1, -0.05) is 13.3 Å². The van der Waals surface area contributed by atoms with E-state index in [9.17, 15) is 0 Å². The first kappa shape index (κ1) is 8.99. The molecular weight excluding hydrogens is 154 g/mol. The molecule has 1 aromatic rings. The van der Waals surface area contributed by atoms with Crippen LogP contribution in [0.3, 0.4) is 0 Å². The number of aromatic nitrogens is 3. The van der Waals surface area contributed by atoms with Crippen LogP contribution < -0.4 is 11.5 Å². The normalized spacial score (nSPS) is 13.2. The Labute approximate surface area is 71.6 Å². The molecule has 1 heterocycles. The second kappa shape index (κ2) is 4.06. The van der Waals surface area contributed by atoms with E-state index in [1.165, 1.54) is 0 Å². The van der Waals surface area contributed by atoms with E-state index in [1.807, 2.05) is 0 Å². The van der Waals surface area contributed by atoms with Gasteiger partial charge in [0.05, 0.1) is 0 Å². The molecule has 68 valence electrons. The van der Waals surface area contributed by atoms with Crippen LogP contribution >= 0.6 is 0 Å². The number of anilines is 1. The summed E-state index contributed by atoms with van der Waals surface area (Å²) < 4.78 is 0. The molecule has 0 amide bonds. The second-order valence-corrected chi connectivity index (χ2v) is 2.89. The highest BCUT2D eigenvalue weighted by molar-refractivity contribution is 5.12. The zero-order valence-electron chi connectivity index (χ0n) is 7.25. The third-order valence-corrected chi connectivity index (χ3v) is 1.66. The van der Waals surface area contributed by atoms with Crippen molar-refractivity contribution in [2.75, 3.05) is 5.73 Å². The Bertz CT molecular complexity index is 231. The molecule has 5 nitrogen and oxygen atoms in total. The lowest BCUT2D eigenvalue weighted by Gasteiger charge is -2.06. The van der Waals surface area contributed by atoms with Crippen LogP contribution in [0.5, 0.6) is 0 Å². The van der Waals surface area contributed by atoms with Crippen molar-refractivity contribution < 1.29 is 0 Å². The van der Waals surface area contributed by atoms with Gasteiger partial charge in [0.25, 0.3) is 0 Å². The van der Waals surface area contributed by atoms with E-state index in [2.05, 4.69) is 22.1 Å². The maximum Gasteiger partial charge on any atom is 0.239 e. The summed E-state index contributed by atoms with van der Waals surface area (Å²) in [6, 6.07) is 0.155. The molecule has 5 N–H and O–H groups in total. The third-order valence-electron chi connectivity index (χ3n) is 1.66. The van der Waals surface area contributed by atoms with Gasteiger partial charge in [0.15, 0.2) is 0 Å². The standard InChI is InChI=1S/C7H15N5/c1-2-3-5(8)4-6-10-7(9)12-11-6/h5H,2-4,8H2,1H3,(H3,9,10,11,12). The van der Waals surface area contributed by atoms with E-state index in [-0.39, 0.29) is 12.0 Å². The van der Waals surface area contributed by atoms with Gasteiger partial charge in [-0.15, -0.1) is 5.10 Å². The number of hydrogen-bond acceptors (Lipinski definition) is 4. The van der Waals surface area contributed by atoms with E-state index >= 15 is 0 Å². The van der Waals surface area contributed by atoms with Gasteiger partial charge in [-0.25, -0.2) is 0 Å². The molecule has 0 spiro atoms. The van der Waals surface area contributed by atoms with Crippen LogP contribution in [0.1, 0.15) is 25.6 Å². The zero-order valence-corrected chi connectivity index (χ0v) is 7.25. The summed E-state index contributed by atoms with van der Waals surface area (Å²) in [5.41, 5.74) is 11.1. The monoisotopic (exact) mass is 169 g/mol. The summed E-state index contributed by atoms with van der Waals surface area (Å²) in [4.78, 5) is 3.96. The van der Waals surface area contributed by atoms with Crippen LogP contribution in [-0.2, 0) is 6.42 Å². The first-order valence-electron chi connectivity index (χ1n) is 4.14. The number of nitrogens with one attached hydrogen (secondary N) is 1. The van der Waals surface area contributed by atoms with E-state index in [1.54, 1.807) is 0 Å². The molecule has 0 aliphatic heterocycles. The SMILES string of the molecule is CCCC(N)Cc1nc(N)n[nH]1. The topological polar surface area (TPSA) is 93.6 Å². The first-order valence-corrected chi connectivity index (χ1v) is 4.14. The molecule has 0 bridgehead atoms. The largest absolute Gasteiger partial charge is 0.367 e. The van der Waals surface area contributed by atoms with Crippen molar-refractivity contribution >= 4 is 5.95 Å². The summed E-state index contributed by atoms with van der Waals surface area (Å²) in [6.45, 7) is 2.11. The molecular formula is C7H15N5. The Hall–Kier alpha value is -1.10. The van der Waals surface area contributed by atoms with Gasteiger partial charge in [-0.3, -0.25) is 5.10 Å². The van der Waals surface area contributed by atoms with Crippen molar-refractivity contribution in [3.05, 3.63) is 5.82 Å². The molecule has 0 aromatic carbocycles. The van der Waals surface area contributed by atoms with Crippen molar-refractivity contribution in [1.29, 1.82) is 0 Å². The lowest BCUT2D eigenvalue weighted by Crippen LogP contribution is -2.22. The molecule has 0 aliphatic rings.